The lowest BCUT2D eigenvalue weighted by atomic mass is 10.1. The number of nitrogens with one attached hydrogen (secondary N) is 1. The van der Waals surface area contributed by atoms with Crippen molar-refractivity contribution in [3.63, 3.8) is 0 Å². The van der Waals surface area contributed by atoms with Gasteiger partial charge in [0.25, 0.3) is 0 Å². The van der Waals surface area contributed by atoms with E-state index in [-0.39, 0.29) is 5.91 Å². The molecule has 2 aliphatic rings. The number of methoxy groups -OCH3 is 1. The second kappa shape index (κ2) is 6.19. The number of hydrogen-bond donors (Lipinski definition) is 1. The highest BCUT2D eigenvalue weighted by Crippen LogP contribution is 2.47. The monoisotopic (exact) mass is 403 g/mol. The van der Waals surface area contributed by atoms with Crippen molar-refractivity contribution in [3.8, 4) is 17.0 Å². The maximum atomic E-state index is 11.5. The predicted molar refractivity (Wildman–Crippen MR) is 110 cm³/mol. The molecule has 1 N–H and O–H groups in total. The van der Waals surface area contributed by atoms with E-state index in [1.807, 2.05) is 50.6 Å². The Balaban J connectivity index is 1.31. The van der Waals surface area contributed by atoms with Crippen LogP contribution in [-0.4, -0.2) is 61.0 Å². The molecule has 152 valence electrons. The zero-order chi connectivity index (χ0) is 20.4. The van der Waals surface area contributed by atoms with Crippen LogP contribution >= 0.6 is 0 Å². The summed E-state index contributed by atoms with van der Waals surface area (Å²) in [5.41, 5.74) is 3.75. The number of imidazole rings is 1. The quantitative estimate of drug-likeness (QED) is 0.560. The molecule has 0 aromatic carbocycles. The summed E-state index contributed by atoms with van der Waals surface area (Å²) in [4.78, 5) is 22.4. The van der Waals surface area contributed by atoms with Gasteiger partial charge in [0.2, 0.25) is 17.7 Å². The van der Waals surface area contributed by atoms with Crippen LogP contribution in [0.25, 0.3) is 22.3 Å². The van der Waals surface area contributed by atoms with Crippen LogP contribution in [0.15, 0.2) is 43.0 Å². The van der Waals surface area contributed by atoms with Crippen LogP contribution in [-0.2, 0) is 4.79 Å². The molecule has 1 aliphatic carbocycles. The first kappa shape index (κ1) is 17.3. The fourth-order valence-corrected chi connectivity index (χ4v) is 4.65. The van der Waals surface area contributed by atoms with E-state index >= 15 is 0 Å². The highest BCUT2D eigenvalue weighted by atomic mass is 16.5. The molecule has 5 heterocycles. The van der Waals surface area contributed by atoms with Gasteiger partial charge in [0.05, 0.1) is 7.11 Å². The molecule has 6 rings (SSSR count). The summed E-state index contributed by atoms with van der Waals surface area (Å²) < 4.78 is 9.41. The van der Waals surface area contributed by atoms with Gasteiger partial charge in [0.1, 0.15) is 11.2 Å². The van der Waals surface area contributed by atoms with Gasteiger partial charge in [-0.05, 0) is 18.2 Å². The number of fused-ring (bicyclic) bond motifs is 3. The first-order valence-electron chi connectivity index (χ1n) is 10.0. The topological polar surface area (TPSA) is 89.1 Å². The maximum Gasteiger partial charge on any atom is 0.244 e. The third kappa shape index (κ3) is 2.54. The Labute approximate surface area is 172 Å². The number of hydrogen-bond acceptors (Lipinski definition) is 6. The summed E-state index contributed by atoms with van der Waals surface area (Å²) in [7, 11) is 1.62. The molecule has 30 heavy (non-hydrogen) atoms. The minimum Gasteiger partial charge on any atom is -0.479 e. The number of pyridine rings is 1. The van der Waals surface area contributed by atoms with E-state index < -0.39 is 0 Å². The third-order valence-electron chi connectivity index (χ3n) is 6.31. The fourth-order valence-electron chi connectivity index (χ4n) is 4.65. The Hall–Kier alpha value is -3.62. The molecule has 3 atom stereocenters. The molecule has 1 saturated carbocycles. The van der Waals surface area contributed by atoms with E-state index in [9.17, 15) is 4.79 Å². The van der Waals surface area contributed by atoms with Crippen LogP contribution in [0.5, 0.6) is 5.88 Å². The van der Waals surface area contributed by atoms with Crippen molar-refractivity contribution >= 4 is 23.0 Å². The van der Waals surface area contributed by atoms with E-state index in [2.05, 4.69) is 20.4 Å². The molecular weight excluding hydrogens is 382 g/mol. The summed E-state index contributed by atoms with van der Waals surface area (Å²) in [6.45, 7) is 3.24. The van der Waals surface area contributed by atoms with Gasteiger partial charge < -0.3 is 19.4 Å². The number of nitrogens with zero attached hydrogens (tertiary/aromatic N) is 6. The number of piperidine rings is 1. The lowest BCUT2D eigenvalue weighted by molar-refractivity contribution is -0.128. The first-order valence-corrected chi connectivity index (χ1v) is 10.0. The minimum atomic E-state index is 0.147. The van der Waals surface area contributed by atoms with Crippen molar-refractivity contribution < 1.29 is 9.53 Å². The van der Waals surface area contributed by atoms with Gasteiger partial charge >= 0.3 is 0 Å². The van der Waals surface area contributed by atoms with E-state index in [4.69, 9.17) is 4.74 Å². The Morgan fingerprint density at radius 1 is 1.20 bits per heavy atom. The predicted octanol–water partition coefficient (Wildman–Crippen LogP) is 1.94. The number of likely N-dealkylation sites (tertiary alicyclic amines) is 1. The summed E-state index contributed by atoms with van der Waals surface area (Å²) in [6.07, 6.45) is 7.66. The molecule has 0 radical (unpaired) electrons. The SMILES string of the molecule is COc1nc(NC2[C@H]3CN(C(C)=O)C[C@@H]23)nn2ccc(-c3ccc4nccn4c3)c12. The normalized spacial score (nSPS) is 22.5. The maximum absolute atomic E-state index is 11.5. The van der Waals surface area contributed by atoms with Gasteiger partial charge in [-0.15, -0.1) is 5.10 Å². The van der Waals surface area contributed by atoms with Crippen LogP contribution < -0.4 is 10.1 Å². The van der Waals surface area contributed by atoms with Crippen LogP contribution in [0, 0.1) is 11.8 Å². The largest absolute Gasteiger partial charge is 0.479 e. The van der Waals surface area contributed by atoms with Gasteiger partial charge in [-0.1, -0.05) is 0 Å². The number of rotatable bonds is 4. The number of carbonyl (C=O) groups is 1. The zero-order valence-corrected chi connectivity index (χ0v) is 16.7. The average Bonchev–Trinajstić information content (AvgIpc) is 3.23. The molecule has 2 fully saturated rings. The van der Waals surface area contributed by atoms with Crippen molar-refractivity contribution in [1.29, 1.82) is 0 Å². The van der Waals surface area contributed by atoms with Crippen molar-refractivity contribution in [3.05, 3.63) is 43.0 Å². The van der Waals surface area contributed by atoms with Gasteiger partial charge in [0.15, 0.2) is 0 Å². The van der Waals surface area contributed by atoms with E-state index in [1.165, 1.54) is 0 Å². The van der Waals surface area contributed by atoms with Gasteiger partial charge in [0, 0.05) is 73.8 Å². The molecule has 4 aromatic heterocycles. The molecular formula is C21H21N7O2. The number of aromatic nitrogens is 5. The zero-order valence-electron chi connectivity index (χ0n) is 16.7. The summed E-state index contributed by atoms with van der Waals surface area (Å²) in [5.74, 6) is 2.16. The Morgan fingerprint density at radius 2 is 2.03 bits per heavy atom. The highest BCUT2D eigenvalue weighted by molar-refractivity contribution is 5.84. The number of carbonyl (C=O) groups excluding carboxylic acids is 1. The smallest absolute Gasteiger partial charge is 0.244 e. The molecule has 0 spiro atoms. The van der Waals surface area contributed by atoms with Gasteiger partial charge in [-0.2, -0.15) is 4.98 Å². The molecule has 1 unspecified atom stereocenters. The summed E-state index contributed by atoms with van der Waals surface area (Å²) in [6, 6.07) is 6.35. The standard InChI is InChI=1S/C21H21N7O2/c1-12(29)27-10-15-16(11-27)18(15)23-21-24-20(30-2)19-14(5-7-28(19)25-21)13-3-4-17-22-6-8-26(17)9-13/h3-9,15-16,18H,10-11H2,1-2H3,(H,23,25)/t15-,16+,18?. The van der Waals surface area contributed by atoms with E-state index in [0.717, 1.165) is 35.4 Å². The van der Waals surface area contributed by atoms with Crippen LogP contribution in [0.3, 0.4) is 0 Å². The van der Waals surface area contributed by atoms with Crippen LogP contribution in [0.4, 0.5) is 5.95 Å². The Morgan fingerprint density at radius 3 is 2.80 bits per heavy atom. The molecule has 1 amide bonds. The number of amides is 1. The molecule has 0 bridgehead atoms. The lowest BCUT2D eigenvalue weighted by Crippen LogP contribution is -2.32. The second-order valence-corrected chi connectivity index (χ2v) is 8.00. The highest BCUT2D eigenvalue weighted by Gasteiger charge is 2.56. The minimum absolute atomic E-state index is 0.147. The number of anilines is 1. The second-order valence-electron chi connectivity index (χ2n) is 8.00. The molecule has 9 nitrogen and oxygen atoms in total. The van der Waals surface area contributed by atoms with E-state index in [1.54, 1.807) is 20.2 Å². The molecule has 1 aliphatic heterocycles. The van der Waals surface area contributed by atoms with Gasteiger partial charge in [-0.25, -0.2) is 9.50 Å². The Bertz CT molecular complexity index is 1280. The fraction of sp³-hybridized carbons (Fsp3) is 0.333. The first-order chi connectivity index (χ1) is 14.6. The average molecular weight is 403 g/mol. The lowest BCUT2D eigenvalue weighted by Gasteiger charge is -2.18. The van der Waals surface area contributed by atoms with Crippen molar-refractivity contribution in [1.82, 2.24) is 28.9 Å². The van der Waals surface area contributed by atoms with Crippen LogP contribution in [0.1, 0.15) is 6.92 Å². The van der Waals surface area contributed by atoms with Crippen LogP contribution in [0.2, 0.25) is 0 Å². The van der Waals surface area contributed by atoms with E-state index in [0.29, 0.717) is 29.7 Å². The third-order valence-corrected chi connectivity index (χ3v) is 6.31. The van der Waals surface area contributed by atoms with Crippen molar-refractivity contribution in [2.24, 2.45) is 11.8 Å². The molecule has 1 saturated heterocycles. The summed E-state index contributed by atoms with van der Waals surface area (Å²) in [5, 5.41) is 8.10. The summed E-state index contributed by atoms with van der Waals surface area (Å²) >= 11 is 0. The van der Waals surface area contributed by atoms with Crippen molar-refractivity contribution in [2.45, 2.75) is 13.0 Å². The number of ether oxygens (including phenoxy) is 1. The van der Waals surface area contributed by atoms with Gasteiger partial charge in [-0.3, -0.25) is 4.79 Å². The Kier molecular flexibility index (Phi) is 3.56. The molecule has 4 aromatic rings. The van der Waals surface area contributed by atoms with Crippen molar-refractivity contribution in [2.75, 3.05) is 25.5 Å². The molecule has 9 heteroatoms.